The summed E-state index contributed by atoms with van der Waals surface area (Å²) < 4.78 is 10.9. The van der Waals surface area contributed by atoms with Crippen molar-refractivity contribution in [3.05, 3.63) is 99.9 Å². The number of aryl methyl sites for hydroxylation is 1. The second-order valence-electron chi connectivity index (χ2n) is 9.96. The minimum atomic E-state index is -0.489. The number of ether oxygens (including phenoxy) is 1. The molecule has 6 rings (SSSR count). The first-order chi connectivity index (χ1) is 20.6. The van der Waals surface area contributed by atoms with Crippen molar-refractivity contribution in [3.63, 3.8) is 0 Å². The zero-order valence-electron chi connectivity index (χ0n) is 23.2. The number of nitrogens with zero attached hydrogens (tertiary/aromatic N) is 7. The standard InChI is InChI=1S/C32H30IN8O/c1-23-4-5-25(21-36-23)32-37-22-41(39-32)28-8-6-27(7-9-28)38-31-19-33-30(10-11-35-31)26-16-24(20-34)17-29(18-26)40-12-2-3-14-42-15-13-40/h4-11,16-19,21-22,38H,2-3,12-15H2,1H3/q-1. The van der Waals surface area contributed by atoms with Crippen LogP contribution in [0.2, 0.25) is 0 Å². The molecule has 2 aromatic heterocycles. The van der Waals surface area contributed by atoms with E-state index < -0.39 is 21.2 Å². The third kappa shape index (κ3) is 6.75. The van der Waals surface area contributed by atoms with Gasteiger partial charge in [0.1, 0.15) is 0 Å². The van der Waals surface area contributed by atoms with Crippen LogP contribution >= 0.6 is 0 Å². The van der Waals surface area contributed by atoms with Gasteiger partial charge in [0.2, 0.25) is 0 Å². The summed E-state index contributed by atoms with van der Waals surface area (Å²) in [4.78, 5) is 15.8. The molecule has 9 nitrogen and oxygen atoms in total. The van der Waals surface area contributed by atoms with Crippen LogP contribution in [0.3, 0.4) is 0 Å². The van der Waals surface area contributed by atoms with Gasteiger partial charge in [0.25, 0.3) is 0 Å². The Morgan fingerprint density at radius 1 is 0.952 bits per heavy atom. The van der Waals surface area contributed by atoms with E-state index in [0.29, 0.717) is 18.0 Å². The number of nitrogens with one attached hydrogen (secondary N) is 1. The zero-order chi connectivity index (χ0) is 28.7. The summed E-state index contributed by atoms with van der Waals surface area (Å²) in [6.07, 6.45) is 9.56. The van der Waals surface area contributed by atoms with Crippen molar-refractivity contribution in [1.29, 1.82) is 5.26 Å². The minimum Gasteiger partial charge on any atom is -0.261 e. The van der Waals surface area contributed by atoms with Gasteiger partial charge < -0.3 is 0 Å². The maximum absolute atomic E-state index is 9.74. The Hall–Kier alpha value is -4.34. The van der Waals surface area contributed by atoms with Gasteiger partial charge in [0, 0.05) is 5.69 Å². The minimum absolute atomic E-state index is 0.489. The van der Waals surface area contributed by atoms with Crippen LogP contribution in [0, 0.1) is 18.3 Å². The van der Waals surface area contributed by atoms with Gasteiger partial charge in [0.15, 0.2) is 0 Å². The third-order valence-electron chi connectivity index (χ3n) is 6.94. The van der Waals surface area contributed by atoms with Crippen LogP contribution < -0.4 is 31.4 Å². The Kier molecular flexibility index (Phi) is 8.67. The monoisotopic (exact) mass is 669 g/mol. The van der Waals surface area contributed by atoms with Crippen LogP contribution in [0.4, 0.5) is 11.4 Å². The third-order valence-corrected chi connectivity index (χ3v) is 9.49. The summed E-state index contributed by atoms with van der Waals surface area (Å²) in [5, 5.41) is 17.8. The first-order valence-electron chi connectivity index (χ1n) is 13.8. The number of anilines is 2. The fraction of sp³-hybridized carbons (Fsp3) is 0.219. The number of hydrogen-bond acceptors (Lipinski definition) is 8. The van der Waals surface area contributed by atoms with E-state index in [2.05, 4.69) is 52.6 Å². The van der Waals surface area contributed by atoms with E-state index in [0.717, 1.165) is 72.2 Å². The maximum atomic E-state index is 9.74. The van der Waals surface area contributed by atoms with E-state index in [1.54, 1.807) is 17.2 Å². The van der Waals surface area contributed by atoms with Gasteiger partial charge in [-0.1, -0.05) is 0 Å². The number of hydrogen-bond donors (Lipinski definition) is 1. The number of allylic oxidation sites excluding steroid dienone is 1. The molecule has 4 aromatic rings. The van der Waals surface area contributed by atoms with Crippen molar-refractivity contribution < 1.29 is 25.9 Å². The molecule has 2 aromatic carbocycles. The van der Waals surface area contributed by atoms with Crippen molar-refractivity contribution in [1.82, 2.24) is 19.7 Å². The molecular formula is C32H30IN8O-. The summed E-state index contributed by atoms with van der Waals surface area (Å²) in [6, 6.07) is 20.5. The molecule has 0 aliphatic carbocycles. The van der Waals surface area contributed by atoms with Crippen LogP contribution in [0.25, 0.3) is 20.7 Å². The fourth-order valence-electron chi connectivity index (χ4n) is 4.69. The number of rotatable bonds is 6. The number of nitriles is 1. The molecule has 212 valence electrons. The fourth-order valence-corrected chi connectivity index (χ4v) is 6.68. The predicted octanol–water partition coefficient (Wildman–Crippen LogP) is 2.55. The zero-order valence-corrected chi connectivity index (χ0v) is 25.4. The quantitative estimate of drug-likeness (QED) is 0.315. The Morgan fingerprint density at radius 2 is 1.86 bits per heavy atom. The average Bonchev–Trinajstić information content (AvgIpc) is 3.38. The van der Waals surface area contributed by atoms with Crippen molar-refractivity contribution >= 4 is 21.2 Å². The molecule has 2 aliphatic rings. The number of aromatic nitrogens is 4. The normalized spacial score (nSPS) is 15.8. The summed E-state index contributed by atoms with van der Waals surface area (Å²) >= 11 is -0.489. The molecule has 0 saturated carbocycles. The van der Waals surface area contributed by atoms with Crippen molar-refractivity contribution in [2.75, 3.05) is 36.5 Å². The second-order valence-corrected chi connectivity index (χ2v) is 12.4. The molecule has 0 bridgehead atoms. The van der Waals surface area contributed by atoms with Crippen LogP contribution in [-0.2, 0) is 4.74 Å². The number of halogens is 1. The van der Waals surface area contributed by atoms with E-state index in [9.17, 15) is 5.26 Å². The topological polar surface area (TPSA) is 104 Å². The number of pyridine rings is 1. The molecular weight excluding hydrogens is 639 g/mol. The predicted molar refractivity (Wildman–Crippen MR) is 161 cm³/mol. The van der Waals surface area contributed by atoms with Crippen molar-refractivity contribution in [2.24, 2.45) is 4.99 Å². The Morgan fingerprint density at radius 3 is 2.69 bits per heavy atom. The summed E-state index contributed by atoms with van der Waals surface area (Å²) in [5.41, 5.74) is 6.53. The van der Waals surface area contributed by atoms with Gasteiger partial charge in [-0.15, -0.1) is 0 Å². The summed E-state index contributed by atoms with van der Waals surface area (Å²) in [7, 11) is 0. The molecule has 2 aliphatic heterocycles. The molecule has 0 amide bonds. The van der Waals surface area contributed by atoms with Crippen LogP contribution in [0.15, 0.2) is 88.1 Å². The summed E-state index contributed by atoms with van der Waals surface area (Å²) in [6.45, 7) is 5.30. The van der Waals surface area contributed by atoms with Crippen molar-refractivity contribution in [3.8, 4) is 23.1 Å². The molecule has 4 heterocycles. The SMILES string of the molecule is Cc1ccc(-c2ncn(-c3ccc(NC4=C[I-]C(c5cc(C#N)cc(N6CCCCOCC6)c5)=CC=N4)cc3)n2)cn1. The molecule has 0 spiro atoms. The molecule has 10 heteroatoms. The van der Waals surface area contributed by atoms with E-state index in [1.165, 1.54) is 3.58 Å². The summed E-state index contributed by atoms with van der Waals surface area (Å²) in [5.74, 6) is 1.45. The Bertz CT molecular complexity index is 1670. The van der Waals surface area contributed by atoms with Gasteiger partial charge in [-0.05, 0) is 13.0 Å². The smallest absolute Gasteiger partial charge is 0.261 e. The van der Waals surface area contributed by atoms with E-state index in [-0.39, 0.29) is 0 Å². The van der Waals surface area contributed by atoms with Gasteiger partial charge >= 0.3 is 233 Å². The van der Waals surface area contributed by atoms with E-state index in [4.69, 9.17) is 4.74 Å². The number of benzene rings is 2. The van der Waals surface area contributed by atoms with Crippen molar-refractivity contribution in [2.45, 2.75) is 19.8 Å². The van der Waals surface area contributed by atoms with Crippen LogP contribution in [0.1, 0.15) is 29.7 Å². The average molecular weight is 670 g/mol. The molecule has 1 saturated heterocycles. The Balaban J connectivity index is 1.13. The van der Waals surface area contributed by atoms with Gasteiger partial charge in [-0.25, -0.2) is 0 Å². The van der Waals surface area contributed by atoms with Gasteiger partial charge in [-0.3, -0.25) is 4.98 Å². The number of aliphatic imine (C=N–C) groups is 1. The molecule has 0 atom stereocenters. The van der Waals surface area contributed by atoms with Gasteiger partial charge in [0.05, 0.1) is 0 Å². The molecule has 0 radical (unpaired) electrons. The van der Waals surface area contributed by atoms with E-state index in [1.807, 2.05) is 61.7 Å². The van der Waals surface area contributed by atoms with Crippen LogP contribution in [0.5, 0.6) is 0 Å². The Labute approximate surface area is 255 Å². The first-order valence-corrected chi connectivity index (χ1v) is 16.2. The molecule has 1 N–H and O–H groups in total. The van der Waals surface area contributed by atoms with Crippen LogP contribution in [-0.4, -0.2) is 52.3 Å². The van der Waals surface area contributed by atoms with Gasteiger partial charge in [-0.2, -0.15) is 0 Å². The molecule has 0 unspecified atom stereocenters. The molecule has 1 fully saturated rings. The first kappa shape index (κ1) is 27.8. The molecule has 42 heavy (non-hydrogen) atoms. The second kappa shape index (κ2) is 13.1. The van der Waals surface area contributed by atoms with E-state index >= 15 is 0 Å².